The van der Waals surface area contributed by atoms with Gasteiger partial charge in [-0.3, -0.25) is 4.79 Å². The lowest BCUT2D eigenvalue weighted by Crippen LogP contribution is -2.67. The molecule has 0 heterocycles. The Morgan fingerprint density at radius 1 is 1.17 bits per heavy atom. The molecule has 0 saturated heterocycles. The van der Waals surface area contributed by atoms with Gasteiger partial charge in [-0.1, -0.05) is 26.8 Å². The highest BCUT2D eigenvalue weighted by Gasteiger charge is 2.73. The molecule has 4 fully saturated rings. The van der Waals surface area contributed by atoms with Crippen molar-refractivity contribution in [2.75, 3.05) is 0 Å². The molecule has 2 N–H and O–H groups in total. The maximum absolute atomic E-state index is 13.1. The Kier molecular flexibility index (Phi) is 3.29. The Hall–Kier alpha value is -1.00. The van der Waals surface area contributed by atoms with Crippen LogP contribution in [0.1, 0.15) is 52.4 Å². The quantitative estimate of drug-likeness (QED) is 0.571. The van der Waals surface area contributed by atoms with E-state index in [0.29, 0.717) is 12.0 Å². The van der Waals surface area contributed by atoms with Crippen molar-refractivity contribution in [3.63, 3.8) is 0 Å². The van der Waals surface area contributed by atoms with Gasteiger partial charge < -0.3 is 15.0 Å². The van der Waals surface area contributed by atoms with Crippen LogP contribution in [0.15, 0.2) is 12.2 Å². The summed E-state index contributed by atoms with van der Waals surface area (Å²) < 4.78 is 0. The lowest BCUT2D eigenvalue weighted by Gasteiger charge is -2.64. The standard InChI is InChI=1S/C20H28O4/c1-11-12-5-6-13-19(3)8-4-7-18(2,10-21)14(19)9-15(22)20(13,16(11)23)17(12)24/h10,12-15,17,22,24H,1,4-9H2,2-3H3/t12-,13-,14+,15+,17+,18+,19-,20-/m0/s1. The van der Waals surface area contributed by atoms with E-state index in [4.69, 9.17) is 0 Å². The van der Waals surface area contributed by atoms with Crippen molar-refractivity contribution in [3.05, 3.63) is 12.2 Å². The summed E-state index contributed by atoms with van der Waals surface area (Å²) in [4.78, 5) is 25.0. The molecule has 4 aliphatic carbocycles. The van der Waals surface area contributed by atoms with Crippen molar-refractivity contribution in [2.24, 2.45) is 34.0 Å². The average molecular weight is 332 g/mol. The summed E-state index contributed by atoms with van der Waals surface area (Å²) in [5, 5.41) is 22.1. The molecule has 132 valence electrons. The minimum Gasteiger partial charge on any atom is -0.392 e. The number of Topliss-reactive ketones (excluding diaryl/α,β-unsaturated/α-hetero) is 1. The molecule has 0 unspecified atom stereocenters. The van der Waals surface area contributed by atoms with Crippen LogP contribution in [0.25, 0.3) is 0 Å². The SMILES string of the molecule is C=C1C(=O)[C@@]23[C@H](O)C[C@H]4[C@@](C)(CCC[C@]4(C)C=O)[C@@H]2CC[C@@H]1[C@H]3O. The normalized spacial score (nSPS) is 56.6. The highest BCUT2D eigenvalue weighted by molar-refractivity contribution is 6.04. The first-order valence-corrected chi connectivity index (χ1v) is 9.29. The van der Waals surface area contributed by atoms with Crippen LogP contribution in [-0.2, 0) is 9.59 Å². The highest BCUT2D eigenvalue weighted by atomic mass is 16.3. The minimum absolute atomic E-state index is 0.0623. The van der Waals surface area contributed by atoms with Crippen molar-refractivity contribution < 1.29 is 19.8 Å². The second-order valence-electron chi connectivity index (χ2n) is 9.26. The molecule has 4 heteroatoms. The van der Waals surface area contributed by atoms with E-state index >= 15 is 0 Å². The second kappa shape index (κ2) is 4.79. The first kappa shape index (κ1) is 16.5. The number of hydrogen-bond acceptors (Lipinski definition) is 4. The molecule has 0 aromatic heterocycles. The molecule has 4 aliphatic rings. The van der Waals surface area contributed by atoms with Crippen molar-refractivity contribution >= 4 is 12.1 Å². The van der Waals surface area contributed by atoms with E-state index in [2.05, 4.69) is 13.5 Å². The number of carbonyl (C=O) groups is 2. The number of aliphatic hydroxyl groups is 2. The molecular weight excluding hydrogens is 304 g/mol. The maximum atomic E-state index is 13.1. The van der Waals surface area contributed by atoms with Gasteiger partial charge in [-0.25, -0.2) is 0 Å². The van der Waals surface area contributed by atoms with Gasteiger partial charge in [0, 0.05) is 11.3 Å². The van der Waals surface area contributed by atoms with Crippen molar-refractivity contribution in [1.29, 1.82) is 0 Å². The smallest absolute Gasteiger partial charge is 0.170 e. The summed E-state index contributed by atoms with van der Waals surface area (Å²) in [5.41, 5.74) is -1.23. The Balaban J connectivity index is 1.88. The fourth-order valence-electron chi connectivity index (χ4n) is 7.31. The predicted octanol–water partition coefficient (Wildman–Crippen LogP) is 2.28. The summed E-state index contributed by atoms with van der Waals surface area (Å²) in [6, 6.07) is 0. The third-order valence-electron chi connectivity index (χ3n) is 8.44. The third-order valence-corrected chi connectivity index (χ3v) is 8.44. The predicted molar refractivity (Wildman–Crippen MR) is 89.0 cm³/mol. The molecule has 8 atom stereocenters. The fraction of sp³-hybridized carbons (Fsp3) is 0.800. The number of aliphatic hydroxyl groups excluding tert-OH is 2. The van der Waals surface area contributed by atoms with Gasteiger partial charge in [0.25, 0.3) is 0 Å². The number of ketones is 1. The van der Waals surface area contributed by atoms with Crippen LogP contribution in [0.3, 0.4) is 0 Å². The van der Waals surface area contributed by atoms with E-state index in [0.717, 1.165) is 38.4 Å². The third kappa shape index (κ3) is 1.58. The van der Waals surface area contributed by atoms with E-state index in [1.165, 1.54) is 0 Å². The molecule has 0 aliphatic heterocycles. The second-order valence-corrected chi connectivity index (χ2v) is 9.26. The van der Waals surface area contributed by atoms with Crippen molar-refractivity contribution in [3.8, 4) is 0 Å². The molecular formula is C20H28O4. The minimum atomic E-state index is -1.09. The van der Waals surface area contributed by atoms with Gasteiger partial charge in [0.15, 0.2) is 5.78 Å². The van der Waals surface area contributed by atoms with Crippen LogP contribution in [0.2, 0.25) is 0 Å². The summed E-state index contributed by atoms with van der Waals surface area (Å²) in [5.74, 6) is -0.332. The van der Waals surface area contributed by atoms with Gasteiger partial charge in [-0.2, -0.15) is 0 Å². The van der Waals surface area contributed by atoms with Gasteiger partial charge in [-0.15, -0.1) is 0 Å². The number of aldehydes is 1. The van der Waals surface area contributed by atoms with Crippen LogP contribution in [0.5, 0.6) is 0 Å². The van der Waals surface area contributed by atoms with Gasteiger partial charge in [0.05, 0.1) is 17.6 Å². The summed E-state index contributed by atoms with van der Waals surface area (Å²) in [6.45, 7) is 8.14. The molecule has 4 saturated carbocycles. The number of rotatable bonds is 1. The zero-order valence-electron chi connectivity index (χ0n) is 14.6. The zero-order chi connectivity index (χ0) is 17.5. The molecule has 4 rings (SSSR count). The Morgan fingerprint density at radius 2 is 1.88 bits per heavy atom. The van der Waals surface area contributed by atoms with E-state index in [1.54, 1.807) is 0 Å². The van der Waals surface area contributed by atoms with Gasteiger partial charge in [0.2, 0.25) is 0 Å². The first-order chi connectivity index (χ1) is 11.2. The van der Waals surface area contributed by atoms with Crippen LogP contribution >= 0.6 is 0 Å². The number of hydrogen-bond donors (Lipinski definition) is 2. The maximum Gasteiger partial charge on any atom is 0.170 e. The summed E-state index contributed by atoms with van der Waals surface area (Å²) in [7, 11) is 0. The van der Waals surface area contributed by atoms with Crippen molar-refractivity contribution in [2.45, 2.75) is 64.6 Å². The Labute approximate surface area is 143 Å². The average Bonchev–Trinajstić information content (AvgIpc) is 2.66. The Morgan fingerprint density at radius 3 is 2.54 bits per heavy atom. The van der Waals surface area contributed by atoms with Gasteiger partial charge in [0.1, 0.15) is 6.29 Å². The van der Waals surface area contributed by atoms with E-state index in [-0.39, 0.29) is 29.0 Å². The lowest BCUT2D eigenvalue weighted by molar-refractivity contribution is -0.224. The molecule has 1 spiro atoms. The molecule has 4 nitrogen and oxygen atoms in total. The summed E-state index contributed by atoms with van der Waals surface area (Å²) in [6.07, 6.45) is 4.11. The highest BCUT2D eigenvalue weighted by Crippen LogP contribution is 2.70. The molecule has 0 aromatic carbocycles. The topological polar surface area (TPSA) is 74.6 Å². The lowest BCUT2D eigenvalue weighted by atomic mass is 9.40. The molecule has 0 aromatic rings. The number of carbonyl (C=O) groups excluding carboxylic acids is 2. The van der Waals surface area contributed by atoms with Crippen LogP contribution < -0.4 is 0 Å². The molecule has 0 radical (unpaired) electrons. The monoisotopic (exact) mass is 332 g/mol. The largest absolute Gasteiger partial charge is 0.392 e. The zero-order valence-corrected chi connectivity index (χ0v) is 14.6. The van der Waals surface area contributed by atoms with E-state index in [9.17, 15) is 19.8 Å². The Bertz CT molecular complexity index is 627. The van der Waals surface area contributed by atoms with Crippen molar-refractivity contribution in [1.82, 2.24) is 0 Å². The van der Waals surface area contributed by atoms with Crippen LogP contribution in [-0.4, -0.2) is 34.5 Å². The summed E-state index contributed by atoms with van der Waals surface area (Å²) >= 11 is 0. The first-order valence-electron chi connectivity index (χ1n) is 9.29. The van der Waals surface area contributed by atoms with Crippen LogP contribution in [0, 0.1) is 34.0 Å². The molecule has 2 bridgehead atoms. The van der Waals surface area contributed by atoms with Crippen LogP contribution in [0.4, 0.5) is 0 Å². The van der Waals surface area contributed by atoms with E-state index in [1.807, 2.05) is 6.92 Å². The molecule has 0 amide bonds. The fourth-order valence-corrected chi connectivity index (χ4v) is 7.31. The number of fused-ring (bicyclic) bond motifs is 3. The molecule has 24 heavy (non-hydrogen) atoms. The van der Waals surface area contributed by atoms with Gasteiger partial charge in [-0.05, 0) is 54.9 Å². The van der Waals surface area contributed by atoms with Gasteiger partial charge >= 0.3 is 0 Å². The van der Waals surface area contributed by atoms with E-state index < -0.39 is 23.0 Å².